The molecule has 5 rings (SSSR count). The lowest BCUT2D eigenvalue weighted by molar-refractivity contribution is -0.584. The summed E-state index contributed by atoms with van der Waals surface area (Å²) >= 11 is 10.2. The number of amides is 2. The molecule has 31 heavy (non-hydrogen) atoms. The molecule has 0 N–H and O–H groups in total. The third-order valence-corrected chi connectivity index (χ3v) is 8.57. The highest BCUT2D eigenvalue weighted by molar-refractivity contribution is 7.98. The maximum atomic E-state index is 13.4. The first-order chi connectivity index (χ1) is 15.0. The molecule has 0 bridgehead atoms. The van der Waals surface area contributed by atoms with E-state index in [2.05, 4.69) is 0 Å². The van der Waals surface area contributed by atoms with Gasteiger partial charge in [-0.05, 0) is 35.4 Å². The summed E-state index contributed by atoms with van der Waals surface area (Å²) in [6, 6.07) is 7.56. The van der Waals surface area contributed by atoms with Crippen LogP contribution in [0.4, 0.5) is 0 Å². The molecule has 0 atom stereocenters. The van der Waals surface area contributed by atoms with Crippen LogP contribution in [0, 0.1) is 5.21 Å². The standard InChI is InChI=1S/C22H19ClN2O4S2/c1-29-13-4-2-12(3-5-13)19-20-14-8-9-30-11-16(14)31-22(20)25(28)15(21(19)23)10-24-17(26)6-7-18(24)27/h2-5H,6-11H2,1H3. The van der Waals surface area contributed by atoms with Crippen LogP contribution in [0.5, 0.6) is 5.75 Å². The minimum atomic E-state index is -0.269. The Kier molecular flexibility index (Phi) is 5.32. The molecule has 0 spiro atoms. The number of benzene rings is 1. The van der Waals surface area contributed by atoms with E-state index in [0.29, 0.717) is 9.85 Å². The Morgan fingerprint density at radius 2 is 1.87 bits per heavy atom. The van der Waals surface area contributed by atoms with Crippen LogP contribution in [0.15, 0.2) is 24.3 Å². The van der Waals surface area contributed by atoms with Crippen LogP contribution in [0.25, 0.3) is 21.3 Å². The monoisotopic (exact) mass is 474 g/mol. The molecule has 0 aliphatic carbocycles. The molecule has 1 aromatic carbocycles. The highest BCUT2D eigenvalue weighted by Gasteiger charge is 2.35. The number of thioether (sulfide) groups is 1. The molecule has 0 unspecified atom stereocenters. The fraction of sp³-hybridized carbons (Fsp3) is 0.318. The van der Waals surface area contributed by atoms with Crippen LogP contribution in [0.3, 0.4) is 0 Å². The number of aryl methyl sites for hydroxylation is 1. The van der Waals surface area contributed by atoms with Crippen LogP contribution in [-0.4, -0.2) is 29.6 Å². The topological polar surface area (TPSA) is 73.5 Å². The number of imide groups is 1. The number of hydrogen-bond donors (Lipinski definition) is 0. The summed E-state index contributed by atoms with van der Waals surface area (Å²) in [6.45, 7) is -0.115. The van der Waals surface area contributed by atoms with E-state index < -0.39 is 0 Å². The lowest BCUT2D eigenvalue weighted by Gasteiger charge is -2.18. The number of methoxy groups -OCH3 is 1. The first-order valence-electron chi connectivity index (χ1n) is 9.93. The van der Waals surface area contributed by atoms with E-state index in [-0.39, 0.29) is 36.9 Å². The van der Waals surface area contributed by atoms with Gasteiger partial charge in [-0.3, -0.25) is 14.5 Å². The van der Waals surface area contributed by atoms with Crippen molar-refractivity contribution in [1.82, 2.24) is 4.90 Å². The molecule has 3 aromatic rings. The van der Waals surface area contributed by atoms with Gasteiger partial charge in [0.15, 0.2) is 0 Å². The fourth-order valence-electron chi connectivity index (χ4n) is 4.20. The number of hydrogen-bond acceptors (Lipinski definition) is 6. The van der Waals surface area contributed by atoms with Gasteiger partial charge in [0.05, 0.1) is 12.5 Å². The normalized spacial score (nSPS) is 16.3. The summed E-state index contributed by atoms with van der Waals surface area (Å²) in [6.07, 6.45) is 1.22. The first kappa shape index (κ1) is 20.6. The van der Waals surface area contributed by atoms with E-state index in [1.165, 1.54) is 21.8 Å². The fourth-order valence-corrected chi connectivity index (χ4v) is 6.96. The van der Waals surface area contributed by atoms with Crippen molar-refractivity contribution in [3.8, 4) is 16.9 Å². The highest BCUT2D eigenvalue weighted by atomic mass is 35.5. The van der Waals surface area contributed by atoms with Gasteiger partial charge in [-0.2, -0.15) is 16.5 Å². The molecule has 2 aliphatic heterocycles. The van der Waals surface area contributed by atoms with Crippen molar-refractivity contribution >= 4 is 56.7 Å². The molecular weight excluding hydrogens is 456 g/mol. The number of nitrogens with zero attached hydrogens (tertiary/aromatic N) is 2. The van der Waals surface area contributed by atoms with Crippen molar-refractivity contribution in [3.05, 3.63) is 50.6 Å². The number of halogens is 1. The summed E-state index contributed by atoms with van der Waals surface area (Å²) in [5, 5.41) is 14.6. The van der Waals surface area contributed by atoms with Gasteiger partial charge >= 0.3 is 0 Å². The van der Waals surface area contributed by atoms with E-state index in [1.807, 2.05) is 36.0 Å². The van der Waals surface area contributed by atoms with Crippen molar-refractivity contribution in [1.29, 1.82) is 0 Å². The van der Waals surface area contributed by atoms with Gasteiger partial charge in [-0.15, -0.1) is 0 Å². The lowest BCUT2D eigenvalue weighted by atomic mass is 9.97. The van der Waals surface area contributed by atoms with Crippen molar-refractivity contribution in [2.45, 2.75) is 31.6 Å². The molecule has 160 valence electrons. The minimum absolute atomic E-state index is 0.115. The number of carbonyl (C=O) groups is 2. The predicted molar refractivity (Wildman–Crippen MR) is 122 cm³/mol. The maximum Gasteiger partial charge on any atom is 0.281 e. The van der Waals surface area contributed by atoms with Crippen molar-refractivity contribution in [2.24, 2.45) is 0 Å². The predicted octanol–water partition coefficient (Wildman–Crippen LogP) is 4.30. The average molecular weight is 475 g/mol. The Hall–Kier alpha value is -2.29. The second-order valence-electron chi connectivity index (χ2n) is 7.52. The number of thiophene rings is 1. The molecule has 1 fully saturated rings. The lowest BCUT2D eigenvalue weighted by Crippen LogP contribution is -2.39. The smallest absolute Gasteiger partial charge is 0.281 e. The quantitative estimate of drug-likeness (QED) is 0.320. The second kappa shape index (κ2) is 8.00. The van der Waals surface area contributed by atoms with Crippen LogP contribution >= 0.6 is 34.7 Å². The average Bonchev–Trinajstić information content (AvgIpc) is 3.32. The Morgan fingerprint density at radius 3 is 2.55 bits per heavy atom. The number of aromatic nitrogens is 1. The Bertz CT molecular complexity index is 1210. The van der Waals surface area contributed by atoms with Crippen LogP contribution in [-0.2, 0) is 28.3 Å². The van der Waals surface area contributed by atoms with Crippen LogP contribution < -0.4 is 9.47 Å². The molecule has 6 nitrogen and oxygen atoms in total. The van der Waals surface area contributed by atoms with Crippen LogP contribution in [0.2, 0.25) is 5.02 Å². The van der Waals surface area contributed by atoms with E-state index in [4.69, 9.17) is 16.3 Å². The third-order valence-electron chi connectivity index (χ3n) is 5.80. The number of carbonyl (C=O) groups excluding carboxylic acids is 2. The van der Waals surface area contributed by atoms with Gasteiger partial charge < -0.3 is 9.94 Å². The molecule has 1 saturated heterocycles. The second-order valence-corrected chi connectivity index (χ2v) is 10.1. The zero-order chi connectivity index (χ0) is 21.7. The summed E-state index contributed by atoms with van der Waals surface area (Å²) in [7, 11) is 1.61. The van der Waals surface area contributed by atoms with Crippen LogP contribution in [0.1, 0.15) is 29.0 Å². The van der Waals surface area contributed by atoms with Gasteiger partial charge in [0.1, 0.15) is 17.3 Å². The summed E-state index contributed by atoms with van der Waals surface area (Å²) in [5.74, 6) is 2.05. The summed E-state index contributed by atoms with van der Waals surface area (Å²) in [4.78, 5) is 27.3. The van der Waals surface area contributed by atoms with E-state index in [1.54, 1.807) is 7.11 Å². The first-order valence-corrected chi connectivity index (χ1v) is 12.3. The van der Waals surface area contributed by atoms with Gasteiger partial charge in [-0.25, -0.2) is 0 Å². The number of fused-ring (bicyclic) bond motifs is 3. The highest BCUT2D eigenvalue weighted by Crippen LogP contribution is 2.45. The molecule has 4 heterocycles. The summed E-state index contributed by atoms with van der Waals surface area (Å²) in [5.41, 5.74) is 3.06. The number of ether oxygens (including phenoxy) is 1. The minimum Gasteiger partial charge on any atom is -0.617 e. The summed E-state index contributed by atoms with van der Waals surface area (Å²) < 4.78 is 6.11. The third kappa shape index (κ3) is 3.37. The molecule has 9 heteroatoms. The largest absolute Gasteiger partial charge is 0.617 e. The number of pyridine rings is 1. The Balaban J connectivity index is 1.76. The van der Waals surface area contributed by atoms with Crippen molar-refractivity contribution in [2.75, 3.05) is 12.9 Å². The molecular formula is C22H19ClN2O4S2. The van der Waals surface area contributed by atoms with Gasteiger partial charge in [-0.1, -0.05) is 35.1 Å². The number of rotatable bonds is 4. The van der Waals surface area contributed by atoms with E-state index in [0.717, 1.165) is 49.8 Å². The zero-order valence-corrected chi connectivity index (χ0v) is 19.2. The maximum absolute atomic E-state index is 13.4. The Morgan fingerprint density at radius 1 is 1.16 bits per heavy atom. The van der Waals surface area contributed by atoms with Gasteiger partial charge in [0.25, 0.3) is 4.83 Å². The van der Waals surface area contributed by atoms with E-state index in [9.17, 15) is 14.8 Å². The Labute approximate surface area is 192 Å². The van der Waals surface area contributed by atoms with E-state index >= 15 is 0 Å². The molecule has 2 aliphatic rings. The SMILES string of the molecule is COc1ccc(-c2c(Cl)c(CN3C(=O)CCC3=O)[n+]([O-])c3sc4c(c23)CCSC4)cc1. The zero-order valence-electron chi connectivity index (χ0n) is 16.8. The van der Waals surface area contributed by atoms with Crippen molar-refractivity contribution in [3.63, 3.8) is 0 Å². The molecule has 2 aromatic heterocycles. The van der Waals surface area contributed by atoms with Gasteiger partial charge in [0, 0.05) is 29.0 Å². The molecule has 0 radical (unpaired) electrons. The molecule has 0 saturated carbocycles. The van der Waals surface area contributed by atoms with Crippen molar-refractivity contribution < 1.29 is 19.1 Å². The molecule has 2 amide bonds. The van der Waals surface area contributed by atoms with Gasteiger partial charge in [0.2, 0.25) is 17.5 Å². The number of likely N-dealkylation sites (tertiary alicyclic amines) is 1.